The van der Waals surface area contributed by atoms with Crippen LogP contribution in [0.4, 0.5) is 4.79 Å². The Morgan fingerprint density at radius 1 is 1.14 bits per heavy atom. The van der Waals surface area contributed by atoms with Crippen molar-refractivity contribution in [1.82, 2.24) is 15.1 Å². The van der Waals surface area contributed by atoms with Crippen LogP contribution in [0.1, 0.15) is 38.5 Å². The molecule has 1 aliphatic heterocycles. The Balaban J connectivity index is 1.75. The molecule has 0 unspecified atom stereocenters. The molecule has 3 amide bonds. The van der Waals surface area contributed by atoms with Gasteiger partial charge in [-0.15, -0.1) is 0 Å². The second-order valence-electron chi connectivity index (χ2n) is 5.67. The number of hydrogen-bond donors (Lipinski definition) is 2. The van der Waals surface area contributed by atoms with Crippen LogP contribution in [0.5, 0.6) is 0 Å². The van der Waals surface area contributed by atoms with E-state index < -0.39 is 5.97 Å². The molecule has 7 nitrogen and oxygen atoms in total. The number of carbonyl (C=O) groups is 3. The van der Waals surface area contributed by atoms with E-state index >= 15 is 0 Å². The Hall–Kier alpha value is -1.79. The summed E-state index contributed by atoms with van der Waals surface area (Å²) in [4.78, 5) is 38.0. The molecule has 1 heterocycles. The number of likely N-dealkylation sites (tertiary alicyclic amines) is 1. The van der Waals surface area contributed by atoms with E-state index in [2.05, 4.69) is 5.32 Å². The van der Waals surface area contributed by atoms with Crippen molar-refractivity contribution in [3.8, 4) is 0 Å². The maximum absolute atomic E-state index is 12.1. The van der Waals surface area contributed by atoms with E-state index in [1.54, 1.807) is 4.90 Å². The van der Waals surface area contributed by atoms with E-state index in [-0.39, 0.29) is 37.5 Å². The summed E-state index contributed by atoms with van der Waals surface area (Å²) < 4.78 is 0. The van der Waals surface area contributed by atoms with Gasteiger partial charge in [-0.2, -0.15) is 0 Å². The molecule has 2 aliphatic rings. The monoisotopic (exact) mass is 297 g/mol. The standard InChI is InChI=1S/C14H23N3O4/c18-12(16-7-2-1-3-8-16)10-15-14(21)17(11-4-5-11)9-6-13(19)20/h11H,1-10H2,(H,15,21)(H,19,20). The summed E-state index contributed by atoms with van der Waals surface area (Å²) in [6.45, 7) is 1.72. The molecule has 0 atom stereocenters. The molecule has 2 fully saturated rings. The molecular weight excluding hydrogens is 274 g/mol. The summed E-state index contributed by atoms with van der Waals surface area (Å²) in [5.74, 6) is -0.977. The molecule has 21 heavy (non-hydrogen) atoms. The predicted molar refractivity (Wildman–Crippen MR) is 75.8 cm³/mol. The average Bonchev–Trinajstić information content (AvgIpc) is 3.30. The van der Waals surface area contributed by atoms with Crippen LogP contribution in [0.25, 0.3) is 0 Å². The molecule has 0 aromatic rings. The highest BCUT2D eigenvalue weighted by Gasteiger charge is 2.33. The number of carbonyl (C=O) groups excluding carboxylic acids is 2. The first kappa shape index (κ1) is 15.6. The van der Waals surface area contributed by atoms with Crippen LogP contribution in [0, 0.1) is 0 Å². The summed E-state index contributed by atoms with van der Waals surface area (Å²) in [6.07, 6.45) is 4.95. The van der Waals surface area contributed by atoms with Crippen LogP contribution in [0.2, 0.25) is 0 Å². The molecule has 1 aliphatic carbocycles. The fraction of sp³-hybridized carbons (Fsp3) is 0.786. The van der Waals surface area contributed by atoms with Gasteiger partial charge >= 0.3 is 12.0 Å². The number of urea groups is 1. The minimum atomic E-state index is -0.919. The number of piperidine rings is 1. The third-order valence-electron chi connectivity index (χ3n) is 3.91. The highest BCUT2D eigenvalue weighted by Crippen LogP contribution is 2.26. The largest absolute Gasteiger partial charge is 0.481 e. The maximum Gasteiger partial charge on any atom is 0.318 e. The molecule has 0 spiro atoms. The molecule has 7 heteroatoms. The van der Waals surface area contributed by atoms with Gasteiger partial charge in [0, 0.05) is 25.7 Å². The third-order valence-corrected chi connectivity index (χ3v) is 3.91. The van der Waals surface area contributed by atoms with Gasteiger partial charge in [-0.25, -0.2) is 4.79 Å². The molecular formula is C14H23N3O4. The third kappa shape index (κ3) is 4.91. The van der Waals surface area contributed by atoms with Gasteiger partial charge in [-0.1, -0.05) is 0 Å². The second-order valence-corrected chi connectivity index (χ2v) is 5.67. The van der Waals surface area contributed by atoms with Gasteiger partial charge in [0.25, 0.3) is 0 Å². The fourth-order valence-corrected chi connectivity index (χ4v) is 2.56. The number of carboxylic acids is 1. The minimum Gasteiger partial charge on any atom is -0.481 e. The van der Waals surface area contributed by atoms with Crippen LogP contribution < -0.4 is 5.32 Å². The highest BCUT2D eigenvalue weighted by molar-refractivity contribution is 5.84. The van der Waals surface area contributed by atoms with Crippen molar-refractivity contribution in [3.63, 3.8) is 0 Å². The van der Waals surface area contributed by atoms with Crippen LogP contribution in [-0.4, -0.2) is 65.0 Å². The van der Waals surface area contributed by atoms with Crippen LogP contribution in [0.3, 0.4) is 0 Å². The van der Waals surface area contributed by atoms with Crippen molar-refractivity contribution in [2.24, 2.45) is 0 Å². The number of amides is 3. The van der Waals surface area contributed by atoms with Crippen molar-refractivity contribution in [3.05, 3.63) is 0 Å². The highest BCUT2D eigenvalue weighted by atomic mass is 16.4. The van der Waals surface area contributed by atoms with Crippen molar-refractivity contribution in [2.45, 2.75) is 44.6 Å². The smallest absolute Gasteiger partial charge is 0.318 e. The van der Waals surface area contributed by atoms with Crippen molar-refractivity contribution < 1.29 is 19.5 Å². The number of nitrogens with zero attached hydrogens (tertiary/aromatic N) is 2. The lowest BCUT2D eigenvalue weighted by Crippen LogP contribution is -2.47. The summed E-state index contributed by atoms with van der Waals surface area (Å²) >= 11 is 0. The summed E-state index contributed by atoms with van der Waals surface area (Å²) in [5.41, 5.74) is 0. The first-order chi connectivity index (χ1) is 10.1. The van der Waals surface area contributed by atoms with Gasteiger partial charge in [-0.05, 0) is 32.1 Å². The zero-order valence-electron chi connectivity index (χ0n) is 12.2. The Morgan fingerprint density at radius 3 is 2.38 bits per heavy atom. The summed E-state index contributed by atoms with van der Waals surface area (Å²) in [5, 5.41) is 11.3. The lowest BCUT2D eigenvalue weighted by atomic mass is 10.1. The van der Waals surface area contributed by atoms with Crippen LogP contribution >= 0.6 is 0 Å². The van der Waals surface area contributed by atoms with Gasteiger partial charge in [0.15, 0.2) is 0 Å². The number of rotatable bonds is 6. The summed E-state index contributed by atoms with van der Waals surface area (Å²) in [6, 6.07) is -0.196. The van der Waals surface area contributed by atoms with Crippen LogP contribution in [0.15, 0.2) is 0 Å². The van der Waals surface area contributed by atoms with E-state index in [4.69, 9.17) is 5.11 Å². The Labute approximate surface area is 124 Å². The second kappa shape index (κ2) is 7.28. The SMILES string of the molecule is O=C(O)CCN(C(=O)NCC(=O)N1CCCCC1)C1CC1. The number of nitrogens with one attached hydrogen (secondary N) is 1. The van der Waals surface area contributed by atoms with E-state index in [9.17, 15) is 14.4 Å². The van der Waals surface area contributed by atoms with E-state index in [0.29, 0.717) is 0 Å². The zero-order chi connectivity index (χ0) is 15.2. The lowest BCUT2D eigenvalue weighted by molar-refractivity contribution is -0.137. The number of aliphatic carboxylic acids is 1. The quantitative estimate of drug-likeness (QED) is 0.753. The predicted octanol–water partition coefficient (Wildman–Crippen LogP) is 0.648. The molecule has 2 rings (SSSR count). The molecule has 0 bridgehead atoms. The van der Waals surface area contributed by atoms with Gasteiger partial charge < -0.3 is 20.2 Å². The van der Waals surface area contributed by atoms with Gasteiger partial charge in [0.1, 0.15) is 0 Å². The molecule has 2 N–H and O–H groups in total. The average molecular weight is 297 g/mol. The van der Waals surface area contributed by atoms with Gasteiger partial charge in [0.05, 0.1) is 13.0 Å². The first-order valence-corrected chi connectivity index (χ1v) is 7.62. The van der Waals surface area contributed by atoms with E-state index in [1.165, 1.54) is 4.90 Å². The van der Waals surface area contributed by atoms with Crippen molar-refractivity contribution >= 4 is 17.9 Å². The zero-order valence-corrected chi connectivity index (χ0v) is 12.2. The van der Waals surface area contributed by atoms with Gasteiger partial charge in [-0.3, -0.25) is 9.59 Å². The summed E-state index contributed by atoms with van der Waals surface area (Å²) in [7, 11) is 0. The molecule has 1 saturated heterocycles. The van der Waals surface area contributed by atoms with Crippen molar-refractivity contribution in [2.75, 3.05) is 26.2 Å². The molecule has 1 saturated carbocycles. The fourth-order valence-electron chi connectivity index (χ4n) is 2.56. The van der Waals surface area contributed by atoms with Gasteiger partial charge in [0.2, 0.25) is 5.91 Å². The topological polar surface area (TPSA) is 90.0 Å². The van der Waals surface area contributed by atoms with E-state index in [0.717, 1.165) is 45.2 Å². The Bertz CT molecular complexity index is 403. The first-order valence-electron chi connectivity index (χ1n) is 7.62. The normalized spacial score (nSPS) is 18.2. The number of hydrogen-bond acceptors (Lipinski definition) is 3. The van der Waals surface area contributed by atoms with Crippen molar-refractivity contribution in [1.29, 1.82) is 0 Å². The van der Waals surface area contributed by atoms with E-state index in [1.807, 2.05) is 0 Å². The molecule has 0 radical (unpaired) electrons. The minimum absolute atomic E-state index is 0.00484. The lowest BCUT2D eigenvalue weighted by Gasteiger charge is -2.27. The molecule has 0 aromatic carbocycles. The Morgan fingerprint density at radius 2 is 1.81 bits per heavy atom. The maximum atomic E-state index is 12.1. The molecule has 0 aromatic heterocycles. The van der Waals surface area contributed by atoms with Crippen LogP contribution in [-0.2, 0) is 9.59 Å². The number of carboxylic acid groups (broad SMARTS) is 1. The Kier molecular flexibility index (Phi) is 5.41. The molecule has 118 valence electrons.